The number of hydrogen-bond acceptors (Lipinski definition) is 8. The van der Waals surface area contributed by atoms with Gasteiger partial charge >= 0.3 is 0 Å². The molecule has 2 N–H and O–H groups in total. The number of ether oxygens (including phenoxy) is 2. The monoisotopic (exact) mass is 780 g/mol. The molecule has 8 rings (SSSR count). The van der Waals surface area contributed by atoms with Gasteiger partial charge in [-0.1, -0.05) is 36.4 Å². The summed E-state index contributed by atoms with van der Waals surface area (Å²) in [5.41, 5.74) is 10.4. The van der Waals surface area contributed by atoms with Crippen LogP contribution in [0, 0.1) is 39.5 Å². The highest BCUT2D eigenvalue weighted by molar-refractivity contribution is 6.25. The van der Waals surface area contributed by atoms with Crippen molar-refractivity contribution in [3.05, 3.63) is 142 Å². The Labute approximate surface area is 333 Å². The van der Waals surface area contributed by atoms with Gasteiger partial charge in [0.1, 0.15) is 11.5 Å². The van der Waals surface area contributed by atoms with Gasteiger partial charge in [-0.05, 0) is 76.2 Å². The molecular formula is C44H40N6O8. The summed E-state index contributed by atoms with van der Waals surface area (Å²) in [6.45, 7) is 7.75. The highest BCUT2D eigenvalue weighted by atomic mass is 16.5. The van der Waals surface area contributed by atoms with Gasteiger partial charge in [-0.15, -0.1) is 0 Å². The lowest BCUT2D eigenvalue weighted by molar-refractivity contribution is -0.123. The van der Waals surface area contributed by atoms with E-state index in [0.29, 0.717) is 11.4 Å². The predicted octanol–water partition coefficient (Wildman–Crippen LogP) is 5.52. The molecule has 14 heteroatoms. The lowest BCUT2D eigenvalue weighted by Crippen LogP contribution is -2.33. The number of ketones is 2. The second-order valence-electron chi connectivity index (χ2n) is 14.7. The van der Waals surface area contributed by atoms with Crippen molar-refractivity contribution < 1.29 is 38.2 Å². The molecule has 0 spiro atoms. The number of nitrogens with zero attached hydrogens (tertiary/aromatic N) is 4. The van der Waals surface area contributed by atoms with Crippen molar-refractivity contribution >= 4 is 46.6 Å². The summed E-state index contributed by atoms with van der Waals surface area (Å²) in [7, 11) is 0. The molecular weight excluding hydrogens is 741 g/mol. The van der Waals surface area contributed by atoms with Crippen LogP contribution in [0.2, 0.25) is 0 Å². The summed E-state index contributed by atoms with van der Waals surface area (Å²) in [5, 5.41) is 0. The van der Waals surface area contributed by atoms with Gasteiger partial charge in [0, 0.05) is 83.3 Å². The molecule has 3 aromatic carbocycles. The Morgan fingerprint density at radius 1 is 0.534 bits per heavy atom. The van der Waals surface area contributed by atoms with Gasteiger partial charge < -0.3 is 19.3 Å². The number of carbonyl (C=O) groups is 6. The van der Waals surface area contributed by atoms with E-state index in [4.69, 9.17) is 9.47 Å². The SMILES string of the molecule is Cc1ccc(C)n1NC(=O)C1CC(=O)N(c2cccc(OC3=C(Oc4cccc(N5CC(C(=O)Nn6c(C)ccc6C)CC5=O)c4)C(=O)c4ccccc4C3=O)c2)C1. The highest BCUT2D eigenvalue weighted by Gasteiger charge is 2.39. The smallest absolute Gasteiger partial charge is 0.244 e. The number of carbonyl (C=O) groups excluding carboxylic acids is 6. The van der Waals surface area contributed by atoms with Gasteiger partial charge in [0.2, 0.25) is 46.7 Å². The van der Waals surface area contributed by atoms with Gasteiger partial charge in [-0.25, -0.2) is 0 Å². The molecule has 0 bridgehead atoms. The number of hydrogen-bond donors (Lipinski definition) is 2. The molecule has 4 heterocycles. The minimum absolute atomic E-state index is 0.00628. The minimum atomic E-state index is -0.608. The molecule has 4 amide bonds. The number of allylic oxidation sites excluding steroid dienone is 2. The molecule has 0 radical (unpaired) electrons. The largest absolute Gasteiger partial charge is 0.449 e. The van der Waals surface area contributed by atoms with Crippen LogP contribution in [0.3, 0.4) is 0 Å². The number of aromatic nitrogens is 2. The summed E-state index contributed by atoms with van der Waals surface area (Å²) in [6.07, 6.45) is 0.0126. The van der Waals surface area contributed by atoms with Crippen LogP contribution in [0.4, 0.5) is 11.4 Å². The van der Waals surface area contributed by atoms with Crippen molar-refractivity contribution in [3.63, 3.8) is 0 Å². The molecule has 0 saturated carbocycles. The van der Waals surface area contributed by atoms with Crippen LogP contribution in [-0.4, -0.2) is 57.6 Å². The quantitative estimate of drug-likeness (QED) is 0.187. The first-order valence-corrected chi connectivity index (χ1v) is 18.9. The minimum Gasteiger partial charge on any atom is -0.449 e. The van der Waals surface area contributed by atoms with Crippen LogP contribution in [0.25, 0.3) is 0 Å². The summed E-state index contributed by atoms with van der Waals surface area (Å²) >= 11 is 0. The zero-order chi connectivity index (χ0) is 40.8. The maximum Gasteiger partial charge on any atom is 0.244 e. The number of Topliss-reactive ketones (excluding diaryl/α,β-unsaturated/α-hetero) is 2. The second kappa shape index (κ2) is 15.0. The summed E-state index contributed by atoms with van der Waals surface area (Å²) in [4.78, 5) is 83.8. The molecule has 1 aliphatic carbocycles. The molecule has 14 nitrogen and oxygen atoms in total. The normalized spacial score (nSPS) is 17.9. The Balaban J connectivity index is 1.03. The topological polar surface area (TPSA) is 161 Å². The van der Waals surface area contributed by atoms with E-state index in [2.05, 4.69) is 10.9 Å². The number of benzene rings is 3. The summed E-state index contributed by atoms with van der Waals surface area (Å²) < 4.78 is 15.7. The molecule has 2 aromatic heterocycles. The van der Waals surface area contributed by atoms with E-state index in [0.717, 1.165) is 22.8 Å². The third-order valence-corrected chi connectivity index (χ3v) is 10.7. The Kier molecular flexibility index (Phi) is 9.77. The lowest BCUT2D eigenvalue weighted by atomic mass is 9.92. The Hall–Kier alpha value is -7.22. The first-order valence-electron chi connectivity index (χ1n) is 18.9. The number of aryl methyl sites for hydroxylation is 4. The van der Waals surface area contributed by atoms with Gasteiger partial charge in [0.25, 0.3) is 0 Å². The summed E-state index contributed by atoms with van der Waals surface area (Å²) in [5.74, 6) is -3.90. The molecule has 2 aliphatic heterocycles. The fraction of sp³-hybridized carbons (Fsp3) is 0.227. The van der Waals surface area contributed by atoms with E-state index in [1.54, 1.807) is 70.0 Å². The standard InChI is InChI=1S/C44H40N6O8/c1-25-15-16-26(2)49(25)45-43(55)29-19-37(51)47(23-29)31-9-7-11-33(21-31)57-41-39(53)35-13-5-6-14-36(35)40(54)42(41)58-34-12-8-10-32(22-34)48-24-30(20-38(48)52)44(56)46-50-27(3)17-18-28(50)4/h5-18,21-22,29-30H,19-20,23-24H2,1-4H3,(H,45,55)(H,46,56). The molecule has 2 saturated heterocycles. The number of anilines is 2. The maximum absolute atomic E-state index is 14.0. The number of nitrogens with one attached hydrogen (secondary N) is 2. The van der Waals surface area contributed by atoms with Crippen LogP contribution in [-0.2, 0) is 19.2 Å². The van der Waals surface area contributed by atoms with E-state index in [1.807, 2.05) is 52.0 Å². The van der Waals surface area contributed by atoms with Crippen LogP contribution < -0.4 is 30.1 Å². The molecule has 58 heavy (non-hydrogen) atoms. The van der Waals surface area contributed by atoms with E-state index >= 15 is 0 Å². The van der Waals surface area contributed by atoms with Crippen LogP contribution >= 0.6 is 0 Å². The van der Waals surface area contributed by atoms with Crippen LogP contribution in [0.1, 0.15) is 56.3 Å². The predicted molar refractivity (Wildman–Crippen MR) is 214 cm³/mol. The van der Waals surface area contributed by atoms with Crippen LogP contribution in [0.5, 0.6) is 11.5 Å². The molecule has 3 aliphatic rings. The Bertz CT molecular complexity index is 2370. The average molecular weight is 781 g/mol. The third-order valence-electron chi connectivity index (χ3n) is 10.7. The summed E-state index contributed by atoms with van der Waals surface area (Å²) in [6, 6.07) is 26.9. The number of rotatable bonds is 10. The number of amides is 4. The Morgan fingerprint density at radius 2 is 0.914 bits per heavy atom. The molecule has 2 atom stereocenters. The highest BCUT2D eigenvalue weighted by Crippen LogP contribution is 2.35. The van der Waals surface area contributed by atoms with E-state index < -0.39 is 23.4 Å². The van der Waals surface area contributed by atoms with Crippen molar-refractivity contribution in [2.45, 2.75) is 40.5 Å². The van der Waals surface area contributed by atoms with E-state index in [-0.39, 0.29) is 83.7 Å². The van der Waals surface area contributed by atoms with Crippen molar-refractivity contribution in [2.24, 2.45) is 11.8 Å². The van der Waals surface area contributed by atoms with Gasteiger partial charge in [0.05, 0.1) is 11.8 Å². The Morgan fingerprint density at radius 3 is 1.29 bits per heavy atom. The zero-order valence-corrected chi connectivity index (χ0v) is 32.3. The van der Waals surface area contributed by atoms with Gasteiger partial charge in [0.15, 0.2) is 0 Å². The average Bonchev–Trinajstić information content (AvgIpc) is 3.98. The van der Waals surface area contributed by atoms with Gasteiger partial charge in [-0.2, -0.15) is 0 Å². The second-order valence-corrected chi connectivity index (χ2v) is 14.7. The van der Waals surface area contributed by atoms with E-state index in [1.165, 1.54) is 21.9 Å². The number of fused-ring (bicyclic) bond motifs is 1. The van der Waals surface area contributed by atoms with Crippen molar-refractivity contribution in [1.82, 2.24) is 9.35 Å². The van der Waals surface area contributed by atoms with Crippen molar-refractivity contribution in [2.75, 3.05) is 33.7 Å². The van der Waals surface area contributed by atoms with Crippen molar-refractivity contribution in [3.8, 4) is 11.5 Å². The lowest BCUT2D eigenvalue weighted by Gasteiger charge is -2.23. The van der Waals surface area contributed by atoms with Crippen LogP contribution in [0.15, 0.2) is 109 Å². The molecule has 2 unspecified atom stereocenters. The first-order chi connectivity index (χ1) is 27.9. The maximum atomic E-state index is 14.0. The molecule has 2 fully saturated rings. The first kappa shape index (κ1) is 37.7. The van der Waals surface area contributed by atoms with Gasteiger partial charge in [-0.3, -0.25) is 49.0 Å². The molecule has 294 valence electrons. The fourth-order valence-electron chi connectivity index (χ4n) is 7.54. The third kappa shape index (κ3) is 7.04. The zero-order valence-electron chi connectivity index (χ0n) is 32.3. The molecule has 5 aromatic rings. The van der Waals surface area contributed by atoms with E-state index in [9.17, 15) is 28.8 Å². The fourth-order valence-corrected chi connectivity index (χ4v) is 7.54. The van der Waals surface area contributed by atoms with Crippen molar-refractivity contribution in [1.29, 1.82) is 0 Å².